The zero-order valence-corrected chi connectivity index (χ0v) is 30.8. The van der Waals surface area contributed by atoms with Crippen molar-refractivity contribution in [2.75, 3.05) is 0 Å². The third-order valence-electron chi connectivity index (χ3n) is 9.81. The zero-order chi connectivity index (χ0) is 34.7. The van der Waals surface area contributed by atoms with Gasteiger partial charge in [0.05, 0.1) is 0 Å². The Labute approximate surface area is 319 Å². The molecule has 6 aromatic carbocycles. The van der Waals surface area contributed by atoms with Gasteiger partial charge in [-0.05, 0) is 35.1 Å². The number of allylic oxidation sites excluding steroid dienone is 2. The number of para-hydroxylation sites is 2. The molecule has 2 nitrogen and oxygen atoms in total. The molecule has 0 bridgehead atoms. The summed E-state index contributed by atoms with van der Waals surface area (Å²) in [6.07, 6.45) is 7.97. The summed E-state index contributed by atoms with van der Waals surface area (Å²) in [5, 5.41) is 21.0. The van der Waals surface area contributed by atoms with E-state index in [-0.39, 0.29) is 21.7 Å². The van der Waals surface area contributed by atoms with Crippen molar-refractivity contribution >= 4 is 0 Å². The predicted octanol–water partition coefficient (Wildman–Crippen LogP) is 13.0. The van der Waals surface area contributed by atoms with Crippen LogP contribution >= 0.6 is 0 Å². The zero-order valence-electron chi connectivity index (χ0n) is 29.2. The van der Waals surface area contributed by atoms with Crippen molar-refractivity contribution in [3.8, 4) is 56.0 Å². The van der Waals surface area contributed by atoms with Gasteiger partial charge in [-0.15, -0.1) is 23.0 Å². The Bertz CT molecular complexity index is 1720. The molecule has 2 saturated carbocycles. The van der Waals surface area contributed by atoms with Gasteiger partial charge in [-0.1, -0.05) is 183 Å². The normalized spacial score (nSPS) is 17.7. The molecular weight excluding hydrogens is 656 g/mol. The molecule has 2 N–H and O–H groups in total. The van der Waals surface area contributed by atoms with Crippen LogP contribution in [0.4, 0.5) is 0 Å². The number of hydrogen-bond acceptors (Lipinski definition) is 2. The molecule has 51 heavy (non-hydrogen) atoms. The van der Waals surface area contributed by atoms with Crippen LogP contribution in [0, 0.1) is 25.7 Å². The fraction of sp³-hybridized carbons (Fsp3) is 0.167. The average Bonchev–Trinajstić information content (AvgIpc) is 3.80. The fourth-order valence-electron chi connectivity index (χ4n) is 7.17. The molecule has 3 heteroatoms. The van der Waals surface area contributed by atoms with E-state index in [1.807, 2.05) is 158 Å². The molecule has 254 valence electrons. The first-order valence-corrected chi connectivity index (χ1v) is 17.7. The van der Waals surface area contributed by atoms with Gasteiger partial charge in [-0.25, -0.2) is 0 Å². The van der Waals surface area contributed by atoms with Crippen LogP contribution in [0.2, 0.25) is 0 Å². The van der Waals surface area contributed by atoms with Crippen molar-refractivity contribution in [1.29, 1.82) is 0 Å². The number of benzene rings is 6. The van der Waals surface area contributed by atoms with E-state index in [0.717, 1.165) is 44.5 Å². The first-order valence-electron chi connectivity index (χ1n) is 17.7. The van der Waals surface area contributed by atoms with E-state index in [4.69, 9.17) is 0 Å². The number of aromatic hydroxyl groups is 2. The van der Waals surface area contributed by atoms with Crippen LogP contribution in [0.15, 0.2) is 169 Å². The molecule has 6 aromatic rings. The molecule has 0 spiro atoms. The van der Waals surface area contributed by atoms with E-state index >= 15 is 0 Å². The van der Waals surface area contributed by atoms with Gasteiger partial charge in [0.2, 0.25) is 0 Å². The summed E-state index contributed by atoms with van der Waals surface area (Å²) < 4.78 is 0. The third kappa shape index (κ3) is 9.38. The summed E-state index contributed by atoms with van der Waals surface area (Å²) in [6.45, 7) is 8.42. The van der Waals surface area contributed by atoms with Crippen LogP contribution in [-0.4, -0.2) is 10.2 Å². The van der Waals surface area contributed by atoms with Gasteiger partial charge in [0.25, 0.3) is 0 Å². The van der Waals surface area contributed by atoms with Gasteiger partial charge < -0.3 is 24.1 Å². The quantitative estimate of drug-likeness (QED) is 0.109. The van der Waals surface area contributed by atoms with E-state index in [1.165, 1.54) is 38.5 Å². The van der Waals surface area contributed by atoms with Crippen molar-refractivity contribution in [3.63, 3.8) is 0 Å². The molecule has 2 atom stereocenters. The first kappa shape index (κ1) is 37.6. The van der Waals surface area contributed by atoms with Crippen molar-refractivity contribution < 1.29 is 31.9 Å². The van der Waals surface area contributed by atoms with Crippen molar-refractivity contribution in [2.45, 2.75) is 38.5 Å². The van der Waals surface area contributed by atoms with Crippen LogP contribution in [0.1, 0.15) is 38.5 Å². The summed E-state index contributed by atoms with van der Waals surface area (Å²) in [4.78, 5) is 0. The monoisotopic (exact) mass is 702 g/mol. The SMILES string of the molecule is Oc1c(-c2ccccc2)cccc1-c1ccccc1.Oc1c(-c2ccccc2)cccc1-c1ccccc1.[CH2-][C@@H]1CCC/C1=C1\CCC[C@@H]1[CH2-].[Ti+2]. The number of rotatable bonds is 4. The van der Waals surface area contributed by atoms with Gasteiger partial charge in [0, 0.05) is 22.3 Å². The average molecular weight is 703 g/mol. The van der Waals surface area contributed by atoms with E-state index in [9.17, 15) is 10.2 Å². The Morgan fingerprint density at radius 3 is 0.843 bits per heavy atom. The molecule has 2 aliphatic carbocycles. The fourth-order valence-corrected chi connectivity index (χ4v) is 7.17. The van der Waals surface area contributed by atoms with Crippen LogP contribution in [0.5, 0.6) is 11.5 Å². The van der Waals surface area contributed by atoms with Gasteiger partial charge in [0.1, 0.15) is 11.5 Å². The minimum atomic E-state index is 0. The molecule has 0 aromatic heterocycles. The van der Waals surface area contributed by atoms with Gasteiger partial charge in [0.15, 0.2) is 0 Å². The largest absolute Gasteiger partial charge is 2.00 e. The Kier molecular flexibility index (Phi) is 13.7. The molecular formula is C48H46O2Ti. The van der Waals surface area contributed by atoms with E-state index < -0.39 is 0 Å². The summed E-state index contributed by atoms with van der Waals surface area (Å²) in [5.41, 5.74) is 10.9. The Hall–Kier alpha value is -4.63. The minimum Gasteiger partial charge on any atom is -0.507 e. The van der Waals surface area contributed by atoms with E-state index in [0.29, 0.717) is 23.3 Å². The number of phenolic OH excluding ortho intramolecular Hbond substituents is 2. The summed E-state index contributed by atoms with van der Waals surface area (Å²) >= 11 is 0. The predicted molar refractivity (Wildman–Crippen MR) is 210 cm³/mol. The van der Waals surface area contributed by atoms with E-state index in [1.54, 1.807) is 11.1 Å². The molecule has 0 heterocycles. The summed E-state index contributed by atoms with van der Waals surface area (Å²) in [7, 11) is 0. The third-order valence-corrected chi connectivity index (χ3v) is 9.81. The Balaban J connectivity index is 0.000000151. The maximum Gasteiger partial charge on any atom is 2.00 e. The van der Waals surface area contributed by atoms with Crippen LogP contribution in [0.3, 0.4) is 0 Å². The maximum absolute atomic E-state index is 10.5. The molecule has 0 saturated heterocycles. The molecule has 2 aliphatic rings. The van der Waals surface area contributed by atoms with Crippen LogP contribution in [-0.2, 0) is 21.7 Å². The molecule has 2 fully saturated rings. The van der Waals surface area contributed by atoms with Crippen molar-refractivity contribution in [3.05, 3.63) is 183 Å². The maximum atomic E-state index is 10.5. The summed E-state index contributed by atoms with van der Waals surface area (Å²) in [6, 6.07) is 51.5. The van der Waals surface area contributed by atoms with Gasteiger partial charge >= 0.3 is 21.7 Å². The van der Waals surface area contributed by atoms with Gasteiger partial charge in [-0.3, -0.25) is 0 Å². The van der Waals surface area contributed by atoms with Crippen molar-refractivity contribution in [1.82, 2.24) is 0 Å². The second-order valence-corrected chi connectivity index (χ2v) is 13.1. The minimum absolute atomic E-state index is 0. The molecule has 0 radical (unpaired) electrons. The van der Waals surface area contributed by atoms with Crippen LogP contribution < -0.4 is 0 Å². The van der Waals surface area contributed by atoms with Crippen molar-refractivity contribution in [2.24, 2.45) is 11.8 Å². The number of phenols is 2. The molecule has 0 amide bonds. The standard InChI is InChI=1S/2C18H14O.C12H18.Ti/c2*19-18-16(14-8-3-1-4-9-14)12-7-13-17(18)15-10-5-2-6-11-15;1-9-5-3-7-11(9)12-8-4-6-10(12)2;/h2*1-13,19H;9-10H,1-8H2;/q;;-2;+2/b;;12-11-;/t;;9-,10+;. The molecule has 0 unspecified atom stereocenters. The molecule has 8 rings (SSSR count). The number of hydrogen-bond donors (Lipinski definition) is 2. The second-order valence-electron chi connectivity index (χ2n) is 13.1. The van der Waals surface area contributed by atoms with Gasteiger partial charge in [-0.2, -0.15) is 0 Å². The second kappa shape index (κ2) is 18.6. The van der Waals surface area contributed by atoms with Crippen LogP contribution in [0.25, 0.3) is 44.5 Å². The van der Waals surface area contributed by atoms with E-state index in [2.05, 4.69) is 13.8 Å². The smallest absolute Gasteiger partial charge is 0.507 e. The topological polar surface area (TPSA) is 40.5 Å². The molecule has 0 aliphatic heterocycles. The summed E-state index contributed by atoms with van der Waals surface area (Å²) in [5.74, 6) is 1.92. The first-order chi connectivity index (χ1) is 24.5. The Morgan fingerprint density at radius 2 is 0.627 bits per heavy atom. The Morgan fingerprint density at radius 1 is 0.373 bits per heavy atom.